The van der Waals surface area contributed by atoms with Crippen LogP contribution in [0.5, 0.6) is 0 Å². The number of hydrogen-bond donors (Lipinski definition) is 2. The van der Waals surface area contributed by atoms with E-state index >= 15 is 0 Å². The average Bonchev–Trinajstić information content (AvgIpc) is 2.89. The van der Waals surface area contributed by atoms with Crippen molar-refractivity contribution in [1.29, 1.82) is 5.26 Å². The van der Waals surface area contributed by atoms with Gasteiger partial charge in [0.05, 0.1) is 26.7 Å². The van der Waals surface area contributed by atoms with Gasteiger partial charge >= 0.3 is 0 Å². The van der Waals surface area contributed by atoms with Crippen LogP contribution in [0.4, 0.5) is 17.3 Å². The number of para-hydroxylation sites is 1. The van der Waals surface area contributed by atoms with Crippen LogP contribution in [0.25, 0.3) is 16.6 Å². The van der Waals surface area contributed by atoms with E-state index in [2.05, 4.69) is 43.7 Å². The maximum Gasteiger partial charge on any atom is 0.266 e. The molecule has 4 heterocycles. The van der Waals surface area contributed by atoms with Crippen molar-refractivity contribution in [2.75, 3.05) is 29.9 Å². The molecule has 0 atom stereocenters. The second kappa shape index (κ2) is 9.34. The number of anilines is 3. The molecule has 2 N–H and O–H groups in total. The van der Waals surface area contributed by atoms with E-state index in [1.54, 1.807) is 18.2 Å². The van der Waals surface area contributed by atoms with Crippen molar-refractivity contribution >= 4 is 51.4 Å². The number of nitriles is 1. The molecule has 2 aliphatic heterocycles. The fourth-order valence-electron chi connectivity index (χ4n) is 5.13. The van der Waals surface area contributed by atoms with Crippen LogP contribution in [0, 0.1) is 11.3 Å². The van der Waals surface area contributed by atoms with Crippen molar-refractivity contribution in [3.8, 4) is 11.8 Å². The molecule has 2 aromatic heterocycles. The molecule has 186 valence electrons. The van der Waals surface area contributed by atoms with Gasteiger partial charge in [0.1, 0.15) is 11.6 Å². The maximum atomic E-state index is 13.2. The van der Waals surface area contributed by atoms with E-state index in [0.29, 0.717) is 27.2 Å². The lowest BCUT2D eigenvalue weighted by molar-refractivity contribution is 0.164. The van der Waals surface area contributed by atoms with Gasteiger partial charge in [0.25, 0.3) is 5.56 Å². The molecule has 1 spiro atoms. The highest BCUT2D eigenvalue weighted by Gasteiger charge is 2.39. The zero-order valence-corrected chi connectivity index (χ0v) is 21.4. The van der Waals surface area contributed by atoms with E-state index in [4.69, 9.17) is 23.2 Å². The van der Waals surface area contributed by atoms with Gasteiger partial charge in [-0.2, -0.15) is 5.26 Å². The van der Waals surface area contributed by atoms with Crippen LogP contribution >= 0.6 is 23.2 Å². The fraction of sp³-hybridized carbons (Fsp3) is 0.259. The van der Waals surface area contributed by atoms with Gasteiger partial charge in [0.2, 0.25) is 5.95 Å². The van der Waals surface area contributed by atoms with Gasteiger partial charge in [-0.05, 0) is 62.2 Å². The summed E-state index contributed by atoms with van der Waals surface area (Å²) in [4.78, 5) is 24.5. The first-order valence-corrected chi connectivity index (χ1v) is 12.9. The van der Waals surface area contributed by atoms with Crippen LogP contribution in [-0.2, 0) is 0 Å². The number of benzene rings is 2. The summed E-state index contributed by atoms with van der Waals surface area (Å²) in [6.45, 7) is 3.22. The Balaban J connectivity index is 1.26. The fourth-order valence-corrected chi connectivity index (χ4v) is 5.71. The van der Waals surface area contributed by atoms with Crippen molar-refractivity contribution in [1.82, 2.24) is 19.9 Å². The topological polar surface area (TPSA) is 98.9 Å². The Morgan fingerprint density at radius 2 is 1.76 bits per heavy atom. The predicted molar refractivity (Wildman–Crippen MR) is 146 cm³/mol. The van der Waals surface area contributed by atoms with Crippen LogP contribution in [0.1, 0.15) is 24.8 Å². The standard InChI is InChI=1S/C27H23Cl2N7O/c28-21-2-1-3-22(29)24(21)36-16-17(14-30)23-20(25(36)37)15-31-26(34-23)33-18-4-6-19(7-5-18)35-12-9-27(10-13-35)8-11-32-27/h1-7,15-16,32H,8-13H2,(H,31,33,34). The molecule has 10 heteroatoms. The van der Waals surface area contributed by atoms with E-state index in [1.807, 2.05) is 12.1 Å². The van der Waals surface area contributed by atoms with Gasteiger partial charge in [-0.15, -0.1) is 0 Å². The first-order chi connectivity index (χ1) is 18.0. The molecule has 0 aliphatic carbocycles. The Morgan fingerprint density at radius 1 is 1.05 bits per heavy atom. The molecule has 0 saturated carbocycles. The molecule has 2 fully saturated rings. The van der Waals surface area contributed by atoms with E-state index in [1.165, 1.54) is 41.9 Å². The monoisotopic (exact) mass is 531 g/mol. The summed E-state index contributed by atoms with van der Waals surface area (Å²) in [6.07, 6.45) is 6.45. The zero-order chi connectivity index (χ0) is 25.6. The summed E-state index contributed by atoms with van der Waals surface area (Å²) in [6, 6.07) is 15.2. The molecule has 0 bridgehead atoms. The van der Waals surface area contributed by atoms with Gasteiger partial charge in [0, 0.05) is 42.4 Å². The summed E-state index contributed by atoms with van der Waals surface area (Å²) in [5, 5.41) is 17.4. The molecule has 6 rings (SSSR count). The van der Waals surface area contributed by atoms with Gasteiger partial charge < -0.3 is 15.5 Å². The number of nitrogens with one attached hydrogen (secondary N) is 2. The van der Waals surface area contributed by atoms with E-state index in [-0.39, 0.29) is 16.5 Å². The Kier molecular flexibility index (Phi) is 6.00. The Labute approximate surface area is 223 Å². The third-order valence-corrected chi connectivity index (χ3v) is 7.97. The number of piperidine rings is 1. The first kappa shape index (κ1) is 23.7. The third kappa shape index (κ3) is 4.29. The highest BCUT2D eigenvalue weighted by Crippen LogP contribution is 2.33. The lowest BCUT2D eigenvalue weighted by Crippen LogP contribution is -2.61. The van der Waals surface area contributed by atoms with Crippen LogP contribution in [0.3, 0.4) is 0 Å². The number of halogens is 2. The molecule has 2 aliphatic rings. The van der Waals surface area contributed by atoms with Gasteiger partial charge in [-0.1, -0.05) is 29.3 Å². The number of rotatable bonds is 4. The van der Waals surface area contributed by atoms with Gasteiger partial charge in [-0.3, -0.25) is 9.36 Å². The molecular weight excluding hydrogens is 509 g/mol. The summed E-state index contributed by atoms with van der Waals surface area (Å²) in [7, 11) is 0. The van der Waals surface area contributed by atoms with Crippen LogP contribution < -0.4 is 21.1 Å². The van der Waals surface area contributed by atoms with E-state index in [9.17, 15) is 10.1 Å². The Morgan fingerprint density at radius 3 is 2.38 bits per heavy atom. The number of pyridine rings is 1. The van der Waals surface area contributed by atoms with Gasteiger partial charge in [-0.25, -0.2) is 9.97 Å². The molecule has 4 aromatic rings. The van der Waals surface area contributed by atoms with E-state index in [0.717, 1.165) is 25.3 Å². The lowest BCUT2D eigenvalue weighted by Gasteiger charge is -2.49. The zero-order valence-electron chi connectivity index (χ0n) is 19.8. The van der Waals surface area contributed by atoms with Crippen molar-refractivity contribution in [2.24, 2.45) is 0 Å². The molecule has 2 aromatic carbocycles. The van der Waals surface area contributed by atoms with Crippen molar-refractivity contribution in [3.63, 3.8) is 0 Å². The number of nitrogens with zero attached hydrogens (tertiary/aromatic N) is 5. The quantitative estimate of drug-likeness (QED) is 0.380. The number of fused-ring (bicyclic) bond motifs is 1. The van der Waals surface area contributed by atoms with Crippen molar-refractivity contribution < 1.29 is 0 Å². The van der Waals surface area contributed by atoms with Crippen LogP contribution in [0.15, 0.2) is 59.7 Å². The molecule has 0 amide bonds. The molecule has 8 nitrogen and oxygen atoms in total. The number of hydrogen-bond acceptors (Lipinski definition) is 7. The van der Waals surface area contributed by atoms with E-state index < -0.39 is 5.56 Å². The molecule has 0 radical (unpaired) electrons. The Hall–Kier alpha value is -3.64. The minimum atomic E-state index is -0.416. The average molecular weight is 532 g/mol. The van der Waals surface area contributed by atoms with Crippen molar-refractivity contribution in [2.45, 2.75) is 24.8 Å². The molecule has 37 heavy (non-hydrogen) atoms. The highest BCUT2D eigenvalue weighted by atomic mass is 35.5. The van der Waals surface area contributed by atoms with Crippen molar-refractivity contribution in [3.05, 3.63) is 80.8 Å². The normalized spacial score (nSPS) is 16.4. The smallest absolute Gasteiger partial charge is 0.266 e. The van der Waals surface area contributed by atoms with Crippen LogP contribution in [-0.4, -0.2) is 39.7 Å². The molecular formula is C27H23Cl2N7O. The van der Waals surface area contributed by atoms with Gasteiger partial charge in [0.15, 0.2) is 0 Å². The second-order valence-electron chi connectivity index (χ2n) is 9.47. The summed E-state index contributed by atoms with van der Waals surface area (Å²) in [5.41, 5.74) is 2.72. The third-order valence-electron chi connectivity index (χ3n) is 7.36. The minimum absolute atomic E-state index is 0.194. The van der Waals surface area contributed by atoms with Crippen LogP contribution in [0.2, 0.25) is 10.0 Å². The largest absolute Gasteiger partial charge is 0.371 e. The summed E-state index contributed by atoms with van der Waals surface area (Å²) in [5.74, 6) is 0.292. The highest BCUT2D eigenvalue weighted by molar-refractivity contribution is 6.37. The number of aromatic nitrogens is 3. The minimum Gasteiger partial charge on any atom is -0.371 e. The molecule has 2 saturated heterocycles. The summed E-state index contributed by atoms with van der Waals surface area (Å²) < 4.78 is 1.27. The summed E-state index contributed by atoms with van der Waals surface area (Å²) >= 11 is 12.6. The predicted octanol–water partition coefficient (Wildman–Crippen LogP) is 5.04. The Bertz CT molecular complexity index is 1580. The second-order valence-corrected chi connectivity index (χ2v) is 10.3. The SMILES string of the molecule is N#Cc1cn(-c2c(Cl)cccc2Cl)c(=O)c2cnc(Nc3ccc(N4CCC5(CCN5)CC4)cc3)nc12. The maximum absolute atomic E-state index is 13.2. The lowest BCUT2D eigenvalue weighted by atomic mass is 9.79. The first-order valence-electron chi connectivity index (χ1n) is 12.1. The molecule has 0 unspecified atom stereocenters.